The van der Waals surface area contributed by atoms with Crippen molar-refractivity contribution in [2.75, 3.05) is 33.7 Å². The molecule has 2 aliphatic heterocycles. The highest BCUT2D eigenvalue weighted by atomic mass is 16.3. The first-order valence-corrected chi connectivity index (χ1v) is 9.29. The maximum Gasteiger partial charge on any atom is 0.225 e. The molecule has 2 aliphatic rings. The van der Waals surface area contributed by atoms with Crippen molar-refractivity contribution in [2.45, 2.75) is 51.4 Å². The minimum atomic E-state index is -0.866. The molecular formula is C18H29N5O3. The molecule has 26 heavy (non-hydrogen) atoms. The number of aliphatic hydroxyl groups is 1. The Labute approximate surface area is 154 Å². The summed E-state index contributed by atoms with van der Waals surface area (Å²) in [5.74, 6) is 0.0494. The Bertz CT molecular complexity index is 664. The van der Waals surface area contributed by atoms with Crippen LogP contribution in [0.5, 0.6) is 0 Å². The quantitative estimate of drug-likeness (QED) is 0.828. The number of likely N-dealkylation sites (tertiary alicyclic amines) is 1. The largest absolute Gasteiger partial charge is 0.386 e. The average molecular weight is 363 g/mol. The van der Waals surface area contributed by atoms with E-state index in [9.17, 15) is 14.7 Å². The van der Waals surface area contributed by atoms with Crippen molar-refractivity contribution in [2.24, 2.45) is 0 Å². The number of hydrogen-bond donors (Lipinski definition) is 1. The second-order valence-corrected chi connectivity index (χ2v) is 7.50. The van der Waals surface area contributed by atoms with E-state index in [0.717, 1.165) is 51.3 Å². The smallest absolute Gasteiger partial charge is 0.225 e. The van der Waals surface area contributed by atoms with E-state index < -0.39 is 6.10 Å². The molecule has 3 rings (SSSR count). The highest BCUT2D eigenvalue weighted by Gasteiger charge is 2.29. The number of carbonyl (C=O) groups excluding carboxylic acids is 2. The van der Waals surface area contributed by atoms with Crippen molar-refractivity contribution >= 4 is 11.8 Å². The highest BCUT2D eigenvalue weighted by molar-refractivity contribution is 5.76. The number of nitrogens with zero attached hydrogens (tertiary/aromatic N) is 5. The summed E-state index contributed by atoms with van der Waals surface area (Å²) >= 11 is 0. The van der Waals surface area contributed by atoms with E-state index in [2.05, 4.69) is 10.00 Å². The minimum absolute atomic E-state index is 0.0523. The lowest BCUT2D eigenvalue weighted by Gasteiger charge is -2.40. The molecule has 144 valence electrons. The third-order valence-corrected chi connectivity index (χ3v) is 5.48. The molecule has 1 aromatic heterocycles. The molecule has 0 saturated carbocycles. The van der Waals surface area contributed by atoms with Crippen LogP contribution in [0.25, 0.3) is 0 Å². The molecule has 1 atom stereocenters. The van der Waals surface area contributed by atoms with Crippen LogP contribution in [-0.2, 0) is 22.7 Å². The van der Waals surface area contributed by atoms with Gasteiger partial charge in [-0.2, -0.15) is 5.10 Å². The van der Waals surface area contributed by atoms with Crippen molar-refractivity contribution in [3.63, 3.8) is 0 Å². The molecule has 0 aliphatic carbocycles. The Morgan fingerprint density at radius 3 is 2.58 bits per heavy atom. The van der Waals surface area contributed by atoms with Crippen LogP contribution in [0.15, 0.2) is 6.07 Å². The summed E-state index contributed by atoms with van der Waals surface area (Å²) in [5.41, 5.74) is 1.65. The molecule has 0 spiro atoms. The molecule has 3 heterocycles. The van der Waals surface area contributed by atoms with E-state index >= 15 is 0 Å². The van der Waals surface area contributed by atoms with Gasteiger partial charge in [0.05, 0.1) is 24.4 Å². The Kier molecular flexibility index (Phi) is 5.62. The third-order valence-electron chi connectivity index (χ3n) is 5.48. The van der Waals surface area contributed by atoms with Crippen LogP contribution in [0.1, 0.15) is 43.7 Å². The predicted molar refractivity (Wildman–Crippen MR) is 96.2 cm³/mol. The van der Waals surface area contributed by atoms with Crippen LogP contribution in [0.3, 0.4) is 0 Å². The zero-order chi connectivity index (χ0) is 18.8. The van der Waals surface area contributed by atoms with Gasteiger partial charge in [-0.3, -0.25) is 19.2 Å². The Hall–Kier alpha value is -1.93. The van der Waals surface area contributed by atoms with Crippen LogP contribution in [-0.4, -0.2) is 81.2 Å². The van der Waals surface area contributed by atoms with Gasteiger partial charge in [0.15, 0.2) is 0 Å². The van der Waals surface area contributed by atoms with Crippen LogP contribution in [0.2, 0.25) is 0 Å². The van der Waals surface area contributed by atoms with Gasteiger partial charge >= 0.3 is 0 Å². The fourth-order valence-electron chi connectivity index (χ4n) is 3.78. The lowest BCUT2D eigenvalue weighted by molar-refractivity contribution is -0.131. The Morgan fingerprint density at radius 1 is 1.27 bits per heavy atom. The minimum Gasteiger partial charge on any atom is -0.386 e. The van der Waals surface area contributed by atoms with Crippen molar-refractivity contribution < 1.29 is 14.7 Å². The van der Waals surface area contributed by atoms with Gasteiger partial charge in [0.25, 0.3) is 0 Å². The van der Waals surface area contributed by atoms with Gasteiger partial charge in [-0.05, 0) is 18.9 Å². The molecule has 0 bridgehead atoms. The molecule has 0 radical (unpaired) electrons. The van der Waals surface area contributed by atoms with Gasteiger partial charge in [0.1, 0.15) is 6.10 Å². The normalized spacial score (nSPS) is 19.9. The first-order valence-electron chi connectivity index (χ1n) is 9.29. The summed E-state index contributed by atoms with van der Waals surface area (Å²) in [5, 5.41) is 14.8. The zero-order valence-electron chi connectivity index (χ0n) is 15.9. The fraction of sp³-hybridized carbons (Fsp3) is 0.722. The number of fused-ring (bicyclic) bond motifs is 1. The number of aliphatic hydroxyl groups excluding tert-OH is 1. The number of carbonyl (C=O) groups is 2. The van der Waals surface area contributed by atoms with E-state index in [4.69, 9.17) is 0 Å². The average Bonchev–Trinajstić information content (AvgIpc) is 3.05. The first kappa shape index (κ1) is 18.8. The van der Waals surface area contributed by atoms with Gasteiger partial charge in [0, 0.05) is 53.2 Å². The van der Waals surface area contributed by atoms with E-state index in [1.54, 1.807) is 21.0 Å². The summed E-state index contributed by atoms with van der Waals surface area (Å²) < 4.78 is 1.94. The molecule has 8 nitrogen and oxygen atoms in total. The molecule has 1 fully saturated rings. The van der Waals surface area contributed by atoms with E-state index in [1.807, 2.05) is 15.6 Å². The van der Waals surface area contributed by atoms with Gasteiger partial charge in [-0.25, -0.2) is 0 Å². The highest BCUT2D eigenvalue weighted by Crippen LogP contribution is 2.25. The summed E-state index contributed by atoms with van der Waals surface area (Å²) in [6.45, 7) is 5.79. The second kappa shape index (κ2) is 7.75. The molecular weight excluding hydrogens is 334 g/mol. The van der Waals surface area contributed by atoms with Gasteiger partial charge < -0.3 is 14.9 Å². The summed E-state index contributed by atoms with van der Waals surface area (Å²) in [6.07, 6.45) is 1.19. The first-order chi connectivity index (χ1) is 12.3. The Balaban J connectivity index is 1.60. The van der Waals surface area contributed by atoms with Gasteiger partial charge in [-0.1, -0.05) is 0 Å². The van der Waals surface area contributed by atoms with Crippen LogP contribution >= 0.6 is 0 Å². The summed E-state index contributed by atoms with van der Waals surface area (Å²) in [6, 6.07) is 2.41. The maximum atomic E-state index is 11.8. The summed E-state index contributed by atoms with van der Waals surface area (Å²) in [7, 11) is 3.37. The van der Waals surface area contributed by atoms with Crippen molar-refractivity contribution in [1.29, 1.82) is 0 Å². The van der Waals surface area contributed by atoms with E-state index in [1.165, 1.54) is 4.90 Å². The van der Waals surface area contributed by atoms with Crippen LogP contribution in [0.4, 0.5) is 0 Å². The van der Waals surface area contributed by atoms with Crippen molar-refractivity contribution in [1.82, 2.24) is 24.5 Å². The molecule has 0 aromatic carbocycles. The number of aromatic nitrogens is 2. The second-order valence-electron chi connectivity index (χ2n) is 7.50. The van der Waals surface area contributed by atoms with Gasteiger partial charge in [0.2, 0.25) is 11.8 Å². The number of piperidine rings is 1. The SMILES string of the molecule is CC(=O)N1CCC(N2CCn3nc([C@@H](O)CC(=O)N(C)C)cc3C2)CC1. The molecule has 2 amide bonds. The lowest BCUT2D eigenvalue weighted by atomic mass is 10.0. The molecule has 1 saturated heterocycles. The van der Waals surface area contributed by atoms with E-state index in [-0.39, 0.29) is 18.2 Å². The third kappa shape index (κ3) is 4.07. The Morgan fingerprint density at radius 2 is 1.96 bits per heavy atom. The monoisotopic (exact) mass is 363 g/mol. The van der Waals surface area contributed by atoms with Crippen molar-refractivity contribution in [3.05, 3.63) is 17.5 Å². The topological polar surface area (TPSA) is 81.9 Å². The number of hydrogen-bond acceptors (Lipinski definition) is 5. The number of rotatable bonds is 4. The standard InChI is InChI=1S/C18H29N5O3/c1-13(24)21-6-4-14(5-7-21)22-8-9-23-15(12-22)10-16(19-23)17(25)11-18(26)20(2)3/h10,14,17,25H,4-9,11-12H2,1-3H3/t17-/m0/s1. The fourth-order valence-corrected chi connectivity index (χ4v) is 3.78. The molecule has 1 aromatic rings. The zero-order valence-corrected chi connectivity index (χ0v) is 15.9. The maximum absolute atomic E-state index is 11.8. The molecule has 8 heteroatoms. The predicted octanol–water partition coefficient (Wildman–Crippen LogP) is 0.221. The van der Waals surface area contributed by atoms with Crippen LogP contribution in [0, 0.1) is 0 Å². The van der Waals surface area contributed by atoms with E-state index in [0.29, 0.717) is 11.7 Å². The molecule has 0 unspecified atom stereocenters. The number of amides is 2. The van der Waals surface area contributed by atoms with Crippen LogP contribution < -0.4 is 0 Å². The molecule has 1 N–H and O–H groups in total. The summed E-state index contributed by atoms with van der Waals surface area (Å²) in [4.78, 5) is 29.1. The van der Waals surface area contributed by atoms with Gasteiger partial charge in [-0.15, -0.1) is 0 Å². The van der Waals surface area contributed by atoms with Crippen molar-refractivity contribution in [3.8, 4) is 0 Å². The lowest BCUT2D eigenvalue weighted by Crippen LogP contribution is -2.48.